The molecule has 21 heavy (non-hydrogen) atoms. The Kier molecular flexibility index (Phi) is 4.58. The van der Waals surface area contributed by atoms with E-state index >= 15 is 0 Å². The zero-order chi connectivity index (χ0) is 15.5. The molecule has 0 aliphatic heterocycles. The molecule has 0 aromatic heterocycles. The molecule has 0 amide bonds. The van der Waals surface area contributed by atoms with Crippen molar-refractivity contribution in [2.24, 2.45) is 5.73 Å². The molecule has 0 aliphatic carbocycles. The first kappa shape index (κ1) is 15.4. The van der Waals surface area contributed by atoms with Crippen LogP contribution in [0, 0.1) is 6.92 Å². The molecule has 0 aliphatic rings. The molecule has 0 spiro atoms. The summed E-state index contributed by atoms with van der Waals surface area (Å²) in [5.41, 5.74) is 7.50. The van der Waals surface area contributed by atoms with Crippen LogP contribution in [-0.4, -0.2) is 6.61 Å². The maximum atomic E-state index is 14.0. The summed E-state index contributed by atoms with van der Waals surface area (Å²) in [6.07, 6.45) is 0. The summed E-state index contributed by atoms with van der Waals surface area (Å²) in [5, 5.41) is 0. The molecule has 2 aromatic carbocycles. The normalized spacial score (nSPS) is 13.0. The second kappa shape index (κ2) is 6.22. The molecule has 0 heterocycles. The summed E-state index contributed by atoms with van der Waals surface area (Å²) in [6.45, 7) is 3.01. The summed E-state index contributed by atoms with van der Waals surface area (Å²) in [7, 11) is 0. The van der Waals surface area contributed by atoms with Crippen molar-refractivity contribution in [2.45, 2.75) is 25.8 Å². The van der Waals surface area contributed by atoms with Gasteiger partial charge in [0.1, 0.15) is 5.75 Å². The van der Waals surface area contributed by atoms with Gasteiger partial charge in [-0.05, 0) is 31.0 Å². The Morgan fingerprint density at radius 2 is 1.81 bits per heavy atom. The van der Waals surface area contributed by atoms with E-state index in [1.807, 2.05) is 19.9 Å². The van der Waals surface area contributed by atoms with Gasteiger partial charge in [-0.15, -0.1) is 0 Å². The van der Waals surface area contributed by atoms with Crippen molar-refractivity contribution in [2.75, 3.05) is 6.61 Å². The van der Waals surface area contributed by atoms with Crippen LogP contribution in [0.1, 0.15) is 29.7 Å². The SMILES string of the molecule is Cc1cc(C(C)N)ccc1OCC(F)(F)c1ccccc1. The van der Waals surface area contributed by atoms with Crippen LogP contribution in [0.5, 0.6) is 5.75 Å². The molecule has 1 atom stereocenters. The van der Waals surface area contributed by atoms with Crippen LogP contribution < -0.4 is 10.5 Å². The second-order valence-corrected chi connectivity index (χ2v) is 5.17. The average molecular weight is 291 g/mol. The number of hydrogen-bond acceptors (Lipinski definition) is 2. The van der Waals surface area contributed by atoms with Gasteiger partial charge in [-0.1, -0.05) is 42.5 Å². The van der Waals surface area contributed by atoms with E-state index in [1.54, 1.807) is 30.3 Å². The Morgan fingerprint density at radius 3 is 2.38 bits per heavy atom. The van der Waals surface area contributed by atoms with Crippen LogP contribution in [0.15, 0.2) is 48.5 Å². The average Bonchev–Trinajstić information content (AvgIpc) is 2.46. The third-order valence-electron chi connectivity index (χ3n) is 3.33. The van der Waals surface area contributed by atoms with Crippen molar-refractivity contribution in [1.82, 2.24) is 0 Å². The Balaban J connectivity index is 2.09. The van der Waals surface area contributed by atoms with Gasteiger partial charge in [-0.25, -0.2) is 0 Å². The Labute approximate surface area is 123 Å². The van der Waals surface area contributed by atoms with Gasteiger partial charge in [0, 0.05) is 11.6 Å². The minimum atomic E-state index is -3.02. The van der Waals surface area contributed by atoms with Crippen LogP contribution in [0.3, 0.4) is 0 Å². The molecule has 1 unspecified atom stereocenters. The molecule has 0 fully saturated rings. The fourth-order valence-electron chi connectivity index (χ4n) is 2.05. The van der Waals surface area contributed by atoms with E-state index in [2.05, 4.69) is 0 Å². The predicted molar refractivity (Wildman–Crippen MR) is 79.6 cm³/mol. The first-order valence-electron chi connectivity index (χ1n) is 6.82. The lowest BCUT2D eigenvalue weighted by atomic mass is 10.1. The van der Waals surface area contributed by atoms with Gasteiger partial charge in [0.15, 0.2) is 6.61 Å². The van der Waals surface area contributed by atoms with Crippen molar-refractivity contribution in [3.05, 3.63) is 65.2 Å². The lowest BCUT2D eigenvalue weighted by Gasteiger charge is -2.19. The van der Waals surface area contributed by atoms with Crippen molar-refractivity contribution in [3.8, 4) is 5.75 Å². The highest BCUT2D eigenvalue weighted by Gasteiger charge is 2.32. The summed E-state index contributed by atoms with van der Waals surface area (Å²) < 4.78 is 33.4. The summed E-state index contributed by atoms with van der Waals surface area (Å²) in [6, 6.07) is 12.9. The third kappa shape index (κ3) is 3.79. The van der Waals surface area contributed by atoms with Gasteiger partial charge >= 0.3 is 5.92 Å². The van der Waals surface area contributed by atoms with E-state index in [9.17, 15) is 8.78 Å². The fraction of sp³-hybridized carbons (Fsp3) is 0.294. The van der Waals surface area contributed by atoms with Gasteiger partial charge in [0.05, 0.1) is 0 Å². The topological polar surface area (TPSA) is 35.2 Å². The van der Waals surface area contributed by atoms with Gasteiger partial charge < -0.3 is 10.5 Å². The quantitative estimate of drug-likeness (QED) is 0.896. The third-order valence-corrected chi connectivity index (χ3v) is 3.33. The standard InChI is InChI=1S/C17H19F2NO/c1-12-10-14(13(2)20)8-9-16(12)21-11-17(18,19)15-6-4-3-5-7-15/h3-10,13H,11,20H2,1-2H3. The minimum Gasteiger partial charge on any atom is -0.487 e. The molecule has 0 saturated carbocycles. The van der Waals surface area contributed by atoms with Crippen LogP contribution >= 0.6 is 0 Å². The minimum absolute atomic E-state index is 0.0464. The molecule has 0 bridgehead atoms. The number of nitrogens with two attached hydrogens (primary N) is 1. The van der Waals surface area contributed by atoms with Crippen LogP contribution in [0.25, 0.3) is 0 Å². The largest absolute Gasteiger partial charge is 0.487 e. The van der Waals surface area contributed by atoms with Crippen LogP contribution in [0.2, 0.25) is 0 Å². The van der Waals surface area contributed by atoms with E-state index in [0.717, 1.165) is 11.1 Å². The molecule has 2 N–H and O–H groups in total. The highest BCUT2D eigenvalue weighted by molar-refractivity contribution is 5.37. The molecular weight excluding hydrogens is 272 g/mol. The monoisotopic (exact) mass is 291 g/mol. The molecule has 112 valence electrons. The van der Waals surface area contributed by atoms with Crippen molar-refractivity contribution in [3.63, 3.8) is 0 Å². The number of benzene rings is 2. The summed E-state index contributed by atoms with van der Waals surface area (Å²) >= 11 is 0. The maximum absolute atomic E-state index is 14.0. The van der Waals surface area contributed by atoms with Crippen LogP contribution in [-0.2, 0) is 5.92 Å². The van der Waals surface area contributed by atoms with Gasteiger partial charge in [-0.3, -0.25) is 0 Å². The second-order valence-electron chi connectivity index (χ2n) is 5.17. The van der Waals surface area contributed by atoms with E-state index in [0.29, 0.717) is 5.75 Å². The van der Waals surface area contributed by atoms with Crippen molar-refractivity contribution < 1.29 is 13.5 Å². The Morgan fingerprint density at radius 1 is 1.14 bits per heavy atom. The van der Waals surface area contributed by atoms with Gasteiger partial charge in [0.25, 0.3) is 0 Å². The molecule has 0 saturated heterocycles. The van der Waals surface area contributed by atoms with E-state index in [4.69, 9.17) is 10.5 Å². The zero-order valence-electron chi connectivity index (χ0n) is 12.1. The fourth-order valence-corrected chi connectivity index (χ4v) is 2.05. The Bertz CT molecular complexity index is 597. The number of alkyl halides is 2. The van der Waals surface area contributed by atoms with E-state index < -0.39 is 12.5 Å². The zero-order valence-corrected chi connectivity index (χ0v) is 12.1. The predicted octanol–water partition coefficient (Wildman–Crippen LogP) is 4.19. The highest BCUT2D eigenvalue weighted by Crippen LogP contribution is 2.30. The maximum Gasteiger partial charge on any atom is 0.306 e. The highest BCUT2D eigenvalue weighted by atomic mass is 19.3. The molecule has 2 aromatic rings. The number of aryl methyl sites for hydroxylation is 1. The molecule has 2 rings (SSSR count). The molecule has 2 nitrogen and oxygen atoms in total. The number of hydrogen-bond donors (Lipinski definition) is 1. The van der Waals surface area contributed by atoms with E-state index in [1.165, 1.54) is 12.1 Å². The summed E-state index contributed by atoms with van der Waals surface area (Å²) in [5.74, 6) is -2.57. The number of ether oxygens (including phenoxy) is 1. The lowest BCUT2D eigenvalue weighted by Crippen LogP contribution is -2.23. The number of rotatable bonds is 5. The molecule has 4 heteroatoms. The van der Waals surface area contributed by atoms with Crippen molar-refractivity contribution in [1.29, 1.82) is 0 Å². The molecule has 0 radical (unpaired) electrons. The summed E-state index contributed by atoms with van der Waals surface area (Å²) in [4.78, 5) is 0. The van der Waals surface area contributed by atoms with Crippen molar-refractivity contribution >= 4 is 0 Å². The first-order chi connectivity index (χ1) is 9.90. The van der Waals surface area contributed by atoms with Gasteiger partial charge in [0.2, 0.25) is 0 Å². The lowest BCUT2D eigenvalue weighted by molar-refractivity contribution is -0.0468. The Hall–Kier alpha value is -1.94. The van der Waals surface area contributed by atoms with E-state index in [-0.39, 0.29) is 11.6 Å². The number of halogens is 2. The smallest absolute Gasteiger partial charge is 0.306 e. The first-order valence-corrected chi connectivity index (χ1v) is 6.82. The van der Waals surface area contributed by atoms with Crippen LogP contribution in [0.4, 0.5) is 8.78 Å². The van der Waals surface area contributed by atoms with Gasteiger partial charge in [-0.2, -0.15) is 8.78 Å². The molecular formula is C17H19F2NO.